The molecular formula is C18H23N3O3. The lowest BCUT2D eigenvalue weighted by Crippen LogP contribution is -2.38. The Bertz CT molecular complexity index is 656. The highest BCUT2D eigenvalue weighted by molar-refractivity contribution is 5.97. The van der Waals surface area contributed by atoms with E-state index in [4.69, 9.17) is 9.47 Å². The third-order valence-corrected chi connectivity index (χ3v) is 4.20. The van der Waals surface area contributed by atoms with Crippen LogP contribution in [0.15, 0.2) is 30.0 Å². The Labute approximate surface area is 142 Å². The van der Waals surface area contributed by atoms with Crippen molar-refractivity contribution in [3.63, 3.8) is 0 Å². The highest BCUT2D eigenvalue weighted by Gasteiger charge is 2.23. The molecule has 1 N–H and O–H groups in total. The van der Waals surface area contributed by atoms with Crippen molar-refractivity contribution in [2.75, 3.05) is 32.6 Å². The zero-order valence-electron chi connectivity index (χ0n) is 14.3. The molecular weight excluding hydrogens is 306 g/mol. The second kappa shape index (κ2) is 8.25. The van der Waals surface area contributed by atoms with Gasteiger partial charge < -0.3 is 19.7 Å². The van der Waals surface area contributed by atoms with Gasteiger partial charge in [-0.3, -0.25) is 4.79 Å². The van der Waals surface area contributed by atoms with Crippen LogP contribution in [0, 0.1) is 17.2 Å². The molecule has 1 saturated heterocycles. The van der Waals surface area contributed by atoms with E-state index in [1.165, 1.54) is 6.20 Å². The lowest BCUT2D eigenvalue weighted by molar-refractivity contribution is -0.128. The lowest BCUT2D eigenvalue weighted by Gasteiger charge is -2.30. The lowest BCUT2D eigenvalue weighted by atomic mass is 9.99. The maximum Gasteiger partial charge on any atom is 0.266 e. The van der Waals surface area contributed by atoms with Crippen LogP contribution >= 0.6 is 0 Å². The van der Waals surface area contributed by atoms with Gasteiger partial charge in [-0.15, -0.1) is 0 Å². The molecule has 1 aliphatic rings. The van der Waals surface area contributed by atoms with Crippen molar-refractivity contribution >= 4 is 11.6 Å². The van der Waals surface area contributed by atoms with Gasteiger partial charge in [0.05, 0.1) is 19.9 Å². The van der Waals surface area contributed by atoms with E-state index in [2.05, 4.69) is 12.2 Å². The Morgan fingerprint density at radius 3 is 2.62 bits per heavy atom. The molecule has 0 unspecified atom stereocenters. The van der Waals surface area contributed by atoms with Crippen molar-refractivity contribution in [2.24, 2.45) is 5.92 Å². The summed E-state index contributed by atoms with van der Waals surface area (Å²) in [5, 5.41) is 12.3. The summed E-state index contributed by atoms with van der Waals surface area (Å²) in [7, 11) is 3.13. The van der Waals surface area contributed by atoms with Crippen molar-refractivity contribution in [3.8, 4) is 17.6 Å². The molecule has 0 aromatic heterocycles. The first kappa shape index (κ1) is 17.7. The number of rotatable bonds is 5. The van der Waals surface area contributed by atoms with Crippen LogP contribution in [0.5, 0.6) is 11.5 Å². The average molecular weight is 329 g/mol. The van der Waals surface area contributed by atoms with Gasteiger partial charge in [-0.1, -0.05) is 6.92 Å². The van der Waals surface area contributed by atoms with Gasteiger partial charge in [0.2, 0.25) is 0 Å². The fraction of sp³-hybridized carbons (Fsp3) is 0.444. The summed E-state index contributed by atoms with van der Waals surface area (Å²) in [4.78, 5) is 14.2. The SMILES string of the molecule is COc1ccc(N/C=C(/C#N)C(=O)N2CCC(C)CC2)c(OC)c1. The standard InChI is InChI=1S/C18H23N3O3/c1-13-6-8-21(9-7-13)18(22)14(11-19)12-20-16-5-4-15(23-2)10-17(16)24-3/h4-5,10,12-13,20H,6-9H2,1-3H3/b14-12-. The Kier molecular flexibility index (Phi) is 6.07. The van der Waals surface area contributed by atoms with Crippen LogP contribution in [-0.4, -0.2) is 38.1 Å². The monoisotopic (exact) mass is 329 g/mol. The number of nitrogens with zero attached hydrogens (tertiary/aromatic N) is 2. The summed E-state index contributed by atoms with van der Waals surface area (Å²) in [6.07, 6.45) is 3.39. The molecule has 6 heteroatoms. The summed E-state index contributed by atoms with van der Waals surface area (Å²) in [5.41, 5.74) is 0.744. The molecule has 1 aromatic carbocycles. The van der Waals surface area contributed by atoms with Crippen molar-refractivity contribution in [1.82, 2.24) is 4.90 Å². The Morgan fingerprint density at radius 1 is 1.33 bits per heavy atom. The van der Waals surface area contributed by atoms with E-state index in [9.17, 15) is 10.1 Å². The predicted octanol–water partition coefficient (Wildman–Crippen LogP) is 2.78. The minimum absolute atomic E-state index is 0.0856. The first-order chi connectivity index (χ1) is 11.6. The molecule has 2 rings (SSSR count). The number of benzene rings is 1. The van der Waals surface area contributed by atoms with Crippen LogP contribution in [0.4, 0.5) is 5.69 Å². The van der Waals surface area contributed by atoms with Crippen LogP contribution < -0.4 is 14.8 Å². The van der Waals surface area contributed by atoms with E-state index >= 15 is 0 Å². The van der Waals surface area contributed by atoms with E-state index in [0.29, 0.717) is 36.2 Å². The topological polar surface area (TPSA) is 74.6 Å². The summed E-state index contributed by atoms with van der Waals surface area (Å²) in [5.74, 6) is 1.64. The minimum atomic E-state index is -0.232. The van der Waals surface area contributed by atoms with Gasteiger partial charge in [-0.2, -0.15) is 5.26 Å². The first-order valence-electron chi connectivity index (χ1n) is 7.97. The Balaban J connectivity index is 2.11. The van der Waals surface area contributed by atoms with E-state index in [1.54, 1.807) is 37.3 Å². The van der Waals surface area contributed by atoms with Crippen LogP contribution in [-0.2, 0) is 4.79 Å². The highest BCUT2D eigenvalue weighted by atomic mass is 16.5. The fourth-order valence-electron chi connectivity index (χ4n) is 2.59. The maximum atomic E-state index is 12.5. The van der Waals surface area contributed by atoms with Crippen molar-refractivity contribution in [2.45, 2.75) is 19.8 Å². The molecule has 1 aromatic rings. The smallest absolute Gasteiger partial charge is 0.266 e. The minimum Gasteiger partial charge on any atom is -0.497 e. The third kappa shape index (κ3) is 4.19. The molecule has 0 radical (unpaired) electrons. The van der Waals surface area contributed by atoms with Gasteiger partial charge in [-0.05, 0) is 30.9 Å². The average Bonchev–Trinajstić information content (AvgIpc) is 2.62. The number of nitrogens with one attached hydrogen (secondary N) is 1. The summed E-state index contributed by atoms with van der Waals surface area (Å²) >= 11 is 0. The number of methoxy groups -OCH3 is 2. The van der Waals surface area contributed by atoms with Crippen molar-refractivity contribution in [3.05, 3.63) is 30.0 Å². The molecule has 128 valence electrons. The third-order valence-electron chi connectivity index (χ3n) is 4.20. The summed E-state index contributed by atoms with van der Waals surface area (Å²) in [6, 6.07) is 7.27. The summed E-state index contributed by atoms with van der Waals surface area (Å²) < 4.78 is 10.4. The molecule has 0 atom stereocenters. The quantitative estimate of drug-likeness (QED) is 0.664. The number of amides is 1. The number of carbonyl (C=O) groups excluding carboxylic acids is 1. The van der Waals surface area contributed by atoms with Gasteiger partial charge in [-0.25, -0.2) is 0 Å². The highest BCUT2D eigenvalue weighted by Crippen LogP contribution is 2.29. The van der Waals surface area contributed by atoms with Crippen LogP contribution in [0.2, 0.25) is 0 Å². The number of carbonyl (C=O) groups is 1. The molecule has 24 heavy (non-hydrogen) atoms. The van der Waals surface area contributed by atoms with Crippen molar-refractivity contribution < 1.29 is 14.3 Å². The van der Waals surface area contributed by atoms with E-state index in [-0.39, 0.29) is 11.5 Å². The summed E-state index contributed by atoms with van der Waals surface area (Å²) in [6.45, 7) is 3.58. The zero-order chi connectivity index (χ0) is 17.5. The number of piperidine rings is 1. The second-order valence-corrected chi connectivity index (χ2v) is 5.86. The molecule has 1 aliphatic heterocycles. The molecule has 1 amide bonds. The molecule has 0 aliphatic carbocycles. The Morgan fingerprint density at radius 2 is 2.04 bits per heavy atom. The number of anilines is 1. The number of likely N-dealkylation sites (tertiary alicyclic amines) is 1. The number of hydrogen-bond acceptors (Lipinski definition) is 5. The molecule has 0 saturated carbocycles. The number of nitriles is 1. The predicted molar refractivity (Wildman–Crippen MR) is 91.8 cm³/mol. The normalized spacial score (nSPS) is 15.6. The van der Waals surface area contributed by atoms with Gasteiger partial charge >= 0.3 is 0 Å². The van der Waals surface area contributed by atoms with E-state index in [1.807, 2.05) is 6.07 Å². The Hall–Kier alpha value is -2.68. The molecule has 0 bridgehead atoms. The maximum absolute atomic E-state index is 12.5. The first-order valence-corrected chi connectivity index (χ1v) is 7.97. The van der Waals surface area contributed by atoms with Gasteiger partial charge in [0.1, 0.15) is 23.1 Å². The van der Waals surface area contributed by atoms with Crippen LogP contribution in [0.1, 0.15) is 19.8 Å². The number of hydrogen-bond donors (Lipinski definition) is 1. The molecule has 0 spiro atoms. The van der Waals surface area contributed by atoms with Crippen LogP contribution in [0.3, 0.4) is 0 Å². The molecule has 1 heterocycles. The van der Waals surface area contributed by atoms with Gasteiger partial charge in [0.25, 0.3) is 5.91 Å². The fourth-order valence-corrected chi connectivity index (χ4v) is 2.59. The molecule has 1 fully saturated rings. The number of ether oxygens (including phenoxy) is 2. The van der Waals surface area contributed by atoms with Crippen LogP contribution in [0.25, 0.3) is 0 Å². The van der Waals surface area contributed by atoms with Crippen molar-refractivity contribution in [1.29, 1.82) is 5.26 Å². The van der Waals surface area contributed by atoms with Gasteiger partial charge in [0, 0.05) is 25.4 Å². The van der Waals surface area contributed by atoms with E-state index < -0.39 is 0 Å². The molecule has 6 nitrogen and oxygen atoms in total. The van der Waals surface area contributed by atoms with E-state index in [0.717, 1.165) is 12.8 Å². The van der Waals surface area contributed by atoms with Gasteiger partial charge in [0.15, 0.2) is 0 Å². The largest absolute Gasteiger partial charge is 0.497 e. The second-order valence-electron chi connectivity index (χ2n) is 5.86. The zero-order valence-corrected chi connectivity index (χ0v) is 14.3.